The molecule has 2 saturated carbocycles. The lowest BCUT2D eigenvalue weighted by atomic mass is 9.77. The highest BCUT2D eigenvalue weighted by atomic mass is 35.5. The van der Waals surface area contributed by atoms with E-state index >= 15 is 0 Å². The monoisotopic (exact) mass is 243 g/mol. The summed E-state index contributed by atoms with van der Waals surface area (Å²) < 4.78 is 0. The maximum atomic E-state index is 6.24. The molecule has 0 aliphatic heterocycles. The van der Waals surface area contributed by atoms with Crippen LogP contribution in [0.25, 0.3) is 0 Å². The molecule has 0 heterocycles. The Balaban J connectivity index is 1.88. The zero-order chi connectivity index (χ0) is 11.4. The van der Waals surface area contributed by atoms with Gasteiger partial charge in [-0.3, -0.25) is 0 Å². The van der Waals surface area contributed by atoms with E-state index in [9.17, 15) is 0 Å². The predicted molar refractivity (Wildman–Crippen MR) is 71.1 cm³/mol. The molecule has 0 radical (unpaired) electrons. The molecule has 0 atom stereocenters. The van der Waals surface area contributed by atoms with Gasteiger partial charge in [-0.25, -0.2) is 0 Å². The van der Waals surface area contributed by atoms with Gasteiger partial charge in [0.15, 0.2) is 0 Å². The minimum absolute atomic E-state index is 0.274. The standard InChI is InChI=1S/C14H26ClN/c1-12-7-9-14(11-15,10-8-12)16-13-5-3-2-4-6-13/h12-13,16H,2-11H2,1H3. The number of nitrogens with one attached hydrogen (secondary N) is 1. The summed E-state index contributed by atoms with van der Waals surface area (Å²) in [5.74, 6) is 1.71. The van der Waals surface area contributed by atoms with E-state index in [4.69, 9.17) is 11.6 Å². The maximum Gasteiger partial charge on any atom is 0.0406 e. The summed E-state index contributed by atoms with van der Waals surface area (Å²) in [6.07, 6.45) is 12.3. The lowest BCUT2D eigenvalue weighted by Crippen LogP contribution is -2.54. The molecule has 0 amide bonds. The average Bonchev–Trinajstić information content (AvgIpc) is 2.34. The Labute approximate surface area is 105 Å². The molecule has 94 valence electrons. The zero-order valence-electron chi connectivity index (χ0n) is 10.6. The van der Waals surface area contributed by atoms with Crippen LogP contribution in [-0.2, 0) is 0 Å². The predicted octanol–water partition coefficient (Wildman–Crippen LogP) is 4.10. The molecule has 2 heteroatoms. The third-order valence-electron chi connectivity index (χ3n) is 4.60. The molecule has 1 N–H and O–H groups in total. The van der Waals surface area contributed by atoms with E-state index in [1.54, 1.807) is 0 Å². The van der Waals surface area contributed by atoms with Crippen molar-refractivity contribution in [3.63, 3.8) is 0 Å². The lowest BCUT2D eigenvalue weighted by molar-refractivity contribution is 0.182. The van der Waals surface area contributed by atoms with Crippen LogP contribution in [-0.4, -0.2) is 17.5 Å². The first-order valence-corrected chi connectivity index (χ1v) is 7.61. The van der Waals surface area contributed by atoms with Crippen LogP contribution in [0, 0.1) is 5.92 Å². The van der Waals surface area contributed by atoms with E-state index in [1.807, 2.05) is 0 Å². The van der Waals surface area contributed by atoms with Gasteiger partial charge in [0.25, 0.3) is 0 Å². The minimum Gasteiger partial charge on any atom is -0.307 e. The third-order valence-corrected chi connectivity index (χ3v) is 5.11. The van der Waals surface area contributed by atoms with Crippen molar-refractivity contribution < 1.29 is 0 Å². The first kappa shape index (κ1) is 12.7. The second-order valence-corrected chi connectivity index (χ2v) is 6.34. The van der Waals surface area contributed by atoms with Crippen molar-refractivity contribution in [1.29, 1.82) is 0 Å². The van der Waals surface area contributed by atoms with Crippen molar-refractivity contribution in [1.82, 2.24) is 5.32 Å². The number of halogens is 1. The first-order chi connectivity index (χ1) is 7.74. The smallest absolute Gasteiger partial charge is 0.0406 e. The van der Waals surface area contributed by atoms with Crippen LogP contribution in [0.3, 0.4) is 0 Å². The van der Waals surface area contributed by atoms with Crippen LogP contribution in [0.15, 0.2) is 0 Å². The Kier molecular flexibility index (Phi) is 4.55. The van der Waals surface area contributed by atoms with Crippen molar-refractivity contribution in [3.05, 3.63) is 0 Å². The molecule has 0 aromatic carbocycles. The van der Waals surface area contributed by atoms with Gasteiger partial charge in [-0.05, 0) is 44.4 Å². The van der Waals surface area contributed by atoms with Gasteiger partial charge < -0.3 is 5.32 Å². The first-order valence-electron chi connectivity index (χ1n) is 7.08. The third kappa shape index (κ3) is 3.13. The number of hydrogen-bond donors (Lipinski definition) is 1. The van der Waals surface area contributed by atoms with Crippen LogP contribution in [0.1, 0.15) is 64.7 Å². The van der Waals surface area contributed by atoms with Crippen LogP contribution < -0.4 is 5.32 Å². The van der Waals surface area contributed by atoms with E-state index in [0.29, 0.717) is 0 Å². The van der Waals surface area contributed by atoms with Gasteiger partial charge in [-0.15, -0.1) is 11.6 Å². The minimum atomic E-state index is 0.274. The molecular weight excluding hydrogens is 218 g/mol. The molecule has 2 aliphatic rings. The van der Waals surface area contributed by atoms with Gasteiger partial charge in [0.1, 0.15) is 0 Å². The van der Waals surface area contributed by atoms with Gasteiger partial charge in [-0.2, -0.15) is 0 Å². The normalized spacial score (nSPS) is 37.5. The highest BCUT2D eigenvalue weighted by Crippen LogP contribution is 2.34. The maximum absolute atomic E-state index is 6.24. The highest BCUT2D eigenvalue weighted by molar-refractivity contribution is 6.18. The topological polar surface area (TPSA) is 12.0 Å². The Morgan fingerprint density at radius 1 is 1.06 bits per heavy atom. The van der Waals surface area contributed by atoms with Crippen molar-refractivity contribution in [2.45, 2.75) is 76.3 Å². The van der Waals surface area contributed by atoms with Crippen LogP contribution in [0.2, 0.25) is 0 Å². The zero-order valence-corrected chi connectivity index (χ0v) is 11.4. The molecule has 0 aromatic heterocycles. The summed E-state index contributed by atoms with van der Waals surface area (Å²) >= 11 is 6.24. The summed E-state index contributed by atoms with van der Waals surface area (Å²) in [5, 5.41) is 3.91. The van der Waals surface area contributed by atoms with E-state index < -0.39 is 0 Å². The lowest BCUT2D eigenvalue weighted by Gasteiger charge is -2.42. The molecule has 0 bridgehead atoms. The Morgan fingerprint density at radius 3 is 2.25 bits per heavy atom. The van der Waals surface area contributed by atoms with Crippen molar-refractivity contribution in [2.24, 2.45) is 5.92 Å². The second-order valence-electron chi connectivity index (χ2n) is 6.08. The molecule has 2 rings (SSSR count). The number of alkyl halides is 1. The van der Waals surface area contributed by atoms with Gasteiger partial charge in [0.05, 0.1) is 0 Å². The summed E-state index contributed by atoms with van der Waals surface area (Å²) in [6, 6.07) is 0.751. The molecule has 16 heavy (non-hydrogen) atoms. The quantitative estimate of drug-likeness (QED) is 0.736. The summed E-state index contributed by atoms with van der Waals surface area (Å²) in [7, 11) is 0. The van der Waals surface area contributed by atoms with Gasteiger partial charge >= 0.3 is 0 Å². The van der Waals surface area contributed by atoms with Crippen LogP contribution >= 0.6 is 11.6 Å². The molecule has 0 saturated heterocycles. The van der Waals surface area contributed by atoms with Crippen molar-refractivity contribution in [2.75, 3.05) is 5.88 Å². The van der Waals surface area contributed by atoms with E-state index in [0.717, 1.165) is 17.8 Å². The molecule has 0 aromatic rings. The molecular formula is C14H26ClN. The summed E-state index contributed by atoms with van der Waals surface area (Å²) in [4.78, 5) is 0. The average molecular weight is 244 g/mol. The highest BCUT2D eigenvalue weighted by Gasteiger charge is 2.35. The van der Waals surface area contributed by atoms with E-state index in [-0.39, 0.29) is 5.54 Å². The van der Waals surface area contributed by atoms with E-state index in [2.05, 4.69) is 12.2 Å². The van der Waals surface area contributed by atoms with Gasteiger partial charge in [-0.1, -0.05) is 26.2 Å². The summed E-state index contributed by atoms with van der Waals surface area (Å²) in [5.41, 5.74) is 0.274. The number of rotatable bonds is 3. The van der Waals surface area contributed by atoms with Crippen LogP contribution in [0.5, 0.6) is 0 Å². The SMILES string of the molecule is CC1CCC(CCl)(NC2CCCCC2)CC1. The molecule has 1 nitrogen and oxygen atoms in total. The van der Waals surface area contributed by atoms with Crippen molar-refractivity contribution in [3.8, 4) is 0 Å². The Hall–Kier alpha value is 0.250. The fourth-order valence-electron chi connectivity index (χ4n) is 3.31. The molecule has 0 unspecified atom stereocenters. The number of hydrogen-bond acceptors (Lipinski definition) is 1. The fourth-order valence-corrected chi connectivity index (χ4v) is 3.66. The second kappa shape index (κ2) is 5.73. The van der Waals surface area contributed by atoms with Gasteiger partial charge in [0.2, 0.25) is 0 Å². The fraction of sp³-hybridized carbons (Fsp3) is 1.00. The van der Waals surface area contributed by atoms with Crippen molar-refractivity contribution >= 4 is 11.6 Å². The largest absolute Gasteiger partial charge is 0.307 e. The van der Waals surface area contributed by atoms with Crippen LogP contribution in [0.4, 0.5) is 0 Å². The molecule has 2 aliphatic carbocycles. The molecule has 0 spiro atoms. The van der Waals surface area contributed by atoms with E-state index in [1.165, 1.54) is 57.8 Å². The van der Waals surface area contributed by atoms with Gasteiger partial charge in [0, 0.05) is 17.5 Å². The Bertz CT molecular complexity index is 203. The summed E-state index contributed by atoms with van der Waals surface area (Å²) in [6.45, 7) is 2.37. The Morgan fingerprint density at radius 2 is 1.69 bits per heavy atom. The molecule has 2 fully saturated rings.